The van der Waals surface area contributed by atoms with Gasteiger partial charge in [-0.05, 0) is 79.0 Å². The zero-order chi connectivity index (χ0) is 17.3. The third kappa shape index (κ3) is 3.23. The molecule has 0 saturated carbocycles. The number of rotatable bonds is 4. The van der Waals surface area contributed by atoms with Crippen molar-refractivity contribution in [3.05, 3.63) is 61.4 Å². The molecule has 0 saturated heterocycles. The Morgan fingerprint density at radius 3 is 2.67 bits per heavy atom. The van der Waals surface area contributed by atoms with Crippen molar-refractivity contribution in [2.24, 2.45) is 5.10 Å². The van der Waals surface area contributed by atoms with Crippen LogP contribution in [0.4, 0.5) is 0 Å². The van der Waals surface area contributed by atoms with Gasteiger partial charge in [0.25, 0.3) is 0 Å². The maximum absolute atomic E-state index is 5.23. The highest BCUT2D eigenvalue weighted by Gasteiger charge is 2.10. The van der Waals surface area contributed by atoms with Crippen LogP contribution in [0.25, 0.3) is 5.69 Å². The van der Waals surface area contributed by atoms with Gasteiger partial charge in [-0.15, -0.1) is 0 Å². The van der Waals surface area contributed by atoms with Gasteiger partial charge in [-0.2, -0.15) is 14.9 Å². The largest absolute Gasteiger partial charge is 0.318 e. The highest BCUT2D eigenvalue weighted by molar-refractivity contribution is 14.1. The molecule has 1 N–H and O–H groups in total. The van der Waals surface area contributed by atoms with Gasteiger partial charge in [0.2, 0.25) is 4.77 Å². The Bertz CT molecular complexity index is 947. The van der Waals surface area contributed by atoms with Crippen LogP contribution in [0.5, 0.6) is 0 Å². The van der Waals surface area contributed by atoms with Gasteiger partial charge >= 0.3 is 0 Å². The van der Waals surface area contributed by atoms with Crippen molar-refractivity contribution >= 4 is 41.0 Å². The Kier molecular flexibility index (Phi) is 5.00. The van der Waals surface area contributed by atoms with Crippen LogP contribution in [0.2, 0.25) is 0 Å². The second-order valence-corrected chi connectivity index (χ2v) is 7.13. The molecule has 1 aromatic carbocycles. The molecule has 0 fully saturated rings. The minimum Gasteiger partial charge on any atom is -0.318 e. The van der Waals surface area contributed by atoms with Crippen LogP contribution in [-0.4, -0.2) is 25.7 Å². The molecule has 7 heteroatoms. The van der Waals surface area contributed by atoms with E-state index in [1.807, 2.05) is 13.1 Å². The van der Waals surface area contributed by atoms with E-state index in [0.717, 1.165) is 29.2 Å². The summed E-state index contributed by atoms with van der Waals surface area (Å²) in [5.74, 6) is 0.822. The molecule has 0 aliphatic rings. The zero-order valence-corrected chi connectivity index (χ0v) is 16.7. The van der Waals surface area contributed by atoms with E-state index in [0.29, 0.717) is 4.77 Å². The van der Waals surface area contributed by atoms with Gasteiger partial charge in [0.05, 0.1) is 6.21 Å². The average molecular weight is 451 g/mol. The third-order valence-corrected chi connectivity index (χ3v) is 4.88. The summed E-state index contributed by atoms with van der Waals surface area (Å²) in [6.07, 6.45) is 2.61. The minimum absolute atomic E-state index is 0.509. The first-order valence-electron chi connectivity index (χ1n) is 7.66. The topological polar surface area (TPSA) is 50.9 Å². The number of halogens is 1. The molecule has 5 nitrogen and oxygen atoms in total. The molecule has 0 atom stereocenters. The maximum atomic E-state index is 5.23. The summed E-state index contributed by atoms with van der Waals surface area (Å²) in [6, 6.07) is 10.6. The van der Waals surface area contributed by atoms with E-state index in [9.17, 15) is 0 Å². The Morgan fingerprint density at radius 2 is 2.00 bits per heavy atom. The van der Waals surface area contributed by atoms with Gasteiger partial charge in [0.1, 0.15) is 0 Å². The molecule has 2 aromatic heterocycles. The van der Waals surface area contributed by atoms with Crippen LogP contribution in [0, 0.1) is 22.2 Å². The molecular weight excluding hydrogens is 433 g/mol. The third-order valence-electron chi connectivity index (χ3n) is 3.90. The van der Waals surface area contributed by atoms with Crippen LogP contribution in [-0.2, 0) is 6.42 Å². The zero-order valence-electron chi connectivity index (χ0n) is 13.7. The monoisotopic (exact) mass is 451 g/mol. The van der Waals surface area contributed by atoms with Gasteiger partial charge in [-0.3, -0.25) is 5.10 Å². The summed E-state index contributed by atoms with van der Waals surface area (Å²) in [7, 11) is 0. The number of benzene rings is 1. The molecular formula is C17H18IN5S. The van der Waals surface area contributed by atoms with Gasteiger partial charge in [0.15, 0.2) is 5.82 Å². The molecule has 0 unspecified atom stereocenters. The van der Waals surface area contributed by atoms with Crippen molar-refractivity contribution in [1.29, 1.82) is 0 Å². The van der Waals surface area contributed by atoms with E-state index >= 15 is 0 Å². The predicted molar refractivity (Wildman–Crippen MR) is 108 cm³/mol. The molecule has 124 valence electrons. The SMILES string of the molecule is CCc1n[nH]c(=S)n1/N=C\c1cc(C)n(-c2ccc(I)cc2)c1C. The highest BCUT2D eigenvalue weighted by Crippen LogP contribution is 2.20. The Morgan fingerprint density at radius 1 is 1.29 bits per heavy atom. The number of aromatic amines is 1. The predicted octanol–water partition coefficient (Wildman–Crippen LogP) is 4.40. The van der Waals surface area contributed by atoms with Crippen molar-refractivity contribution in [2.75, 3.05) is 0 Å². The lowest BCUT2D eigenvalue weighted by molar-refractivity contribution is 0.780. The van der Waals surface area contributed by atoms with Crippen LogP contribution in [0.15, 0.2) is 35.4 Å². The fourth-order valence-corrected chi connectivity index (χ4v) is 3.26. The second kappa shape index (κ2) is 7.02. The van der Waals surface area contributed by atoms with Gasteiger partial charge < -0.3 is 4.57 Å². The van der Waals surface area contributed by atoms with Gasteiger partial charge in [0, 0.05) is 32.6 Å². The molecule has 3 aromatic rings. The number of aryl methyl sites for hydroxylation is 2. The summed E-state index contributed by atoms with van der Waals surface area (Å²) in [5.41, 5.74) is 4.53. The molecule has 0 radical (unpaired) electrons. The smallest absolute Gasteiger partial charge is 0.216 e. The van der Waals surface area contributed by atoms with Gasteiger partial charge in [-0.25, -0.2) is 0 Å². The van der Waals surface area contributed by atoms with Gasteiger partial charge in [-0.1, -0.05) is 6.92 Å². The van der Waals surface area contributed by atoms with E-state index in [1.165, 1.54) is 9.26 Å². The summed E-state index contributed by atoms with van der Waals surface area (Å²) in [5, 5.41) is 11.5. The maximum Gasteiger partial charge on any atom is 0.216 e. The second-order valence-electron chi connectivity index (χ2n) is 5.49. The lowest BCUT2D eigenvalue weighted by Crippen LogP contribution is -2.00. The fourth-order valence-electron chi connectivity index (χ4n) is 2.70. The van der Waals surface area contributed by atoms with Crippen LogP contribution >= 0.6 is 34.8 Å². The molecule has 3 rings (SSSR count). The Labute approximate surface area is 159 Å². The quantitative estimate of drug-likeness (QED) is 0.363. The number of aromatic nitrogens is 4. The van der Waals surface area contributed by atoms with Crippen molar-refractivity contribution in [3.8, 4) is 5.69 Å². The summed E-state index contributed by atoms with van der Waals surface area (Å²) in [4.78, 5) is 0. The summed E-state index contributed by atoms with van der Waals surface area (Å²) < 4.78 is 5.63. The fraction of sp³-hybridized carbons (Fsp3) is 0.235. The first kappa shape index (κ1) is 17.1. The molecule has 0 aliphatic heterocycles. The van der Waals surface area contributed by atoms with Crippen LogP contribution in [0.3, 0.4) is 0 Å². The minimum atomic E-state index is 0.509. The van der Waals surface area contributed by atoms with E-state index in [-0.39, 0.29) is 0 Å². The van der Waals surface area contributed by atoms with Crippen LogP contribution in [0.1, 0.15) is 29.7 Å². The molecule has 0 spiro atoms. The van der Waals surface area contributed by atoms with Crippen molar-refractivity contribution in [2.45, 2.75) is 27.2 Å². The van der Waals surface area contributed by atoms with E-state index in [2.05, 4.69) is 86.6 Å². The summed E-state index contributed by atoms with van der Waals surface area (Å²) in [6.45, 7) is 6.23. The first-order chi connectivity index (χ1) is 11.5. The van der Waals surface area contributed by atoms with E-state index in [4.69, 9.17) is 12.2 Å². The highest BCUT2D eigenvalue weighted by atomic mass is 127. The number of nitrogens with one attached hydrogen (secondary N) is 1. The van der Waals surface area contributed by atoms with Crippen molar-refractivity contribution in [1.82, 2.24) is 19.4 Å². The van der Waals surface area contributed by atoms with E-state index in [1.54, 1.807) is 4.68 Å². The molecule has 0 bridgehead atoms. The summed E-state index contributed by atoms with van der Waals surface area (Å²) >= 11 is 7.55. The lowest BCUT2D eigenvalue weighted by Gasteiger charge is -2.09. The first-order valence-corrected chi connectivity index (χ1v) is 9.15. The molecule has 2 heterocycles. The van der Waals surface area contributed by atoms with Crippen molar-refractivity contribution < 1.29 is 0 Å². The molecule has 24 heavy (non-hydrogen) atoms. The Hall–Kier alpha value is -1.74. The number of hydrogen-bond donors (Lipinski definition) is 1. The number of hydrogen-bond acceptors (Lipinski definition) is 3. The number of nitrogens with zero attached hydrogens (tertiary/aromatic N) is 4. The normalized spacial score (nSPS) is 11.5. The van der Waals surface area contributed by atoms with Crippen molar-refractivity contribution in [3.63, 3.8) is 0 Å². The number of H-pyrrole nitrogens is 1. The Balaban J connectivity index is 2.00. The average Bonchev–Trinajstić information content (AvgIpc) is 3.06. The molecule has 0 amide bonds. The van der Waals surface area contributed by atoms with Crippen LogP contribution < -0.4 is 0 Å². The van der Waals surface area contributed by atoms with E-state index < -0.39 is 0 Å². The standard InChI is InChI=1S/C17H18IN5S/c1-4-16-20-21-17(24)23(16)19-10-13-9-11(2)22(12(13)3)15-7-5-14(18)6-8-15/h5-10H,4H2,1-3H3,(H,21,24)/b19-10-. The lowest BCUT2D eigenvalue weighted by atomic mass is 10.2. The molecule has 0 aliphatic carbocycles.